The largest absolute Gasteiger partial charge is 0.494 e. The van der Waals surface area contributed by atoms with Gasteiger partial charge in [-0.3, -0.25) is 4.40 Å². The normalized spacial score (nSPS) is 15.2. The van der Waals surface area contributed by atoms with Crippen LogP contribution in [-0.4, -0.2) is 23.0 Å². The first-order valence-corrected chi connectivity index (χ1v) is 6.86. The molecular formula is C13H13N3OS. The van der Waals surface area contributed by atoms with E-state index in [-0.39, 0.29) is 0 Å². The van der Waals surface area contributed by atoms with Crippen LogP contribution in [0.3, 0.4) is 0 Å². The highest BCUT2D eigenvalue weighted by molar-refractivity contribution is 7.17. The molecule has 0 spiro atoms. The molecule has 1 N–H and O–H groups in total. The minimum atomic E-state index is 0.853. The van der Waals surface area contributed by atoms with Gasteiger partial charge in [0, 0.05) is 30.1 Å². The number of methoxy groups -OCH3 is 1. The molecule has 3 aromatic rings. The average Bonchev–Trinajstić information content (AvgIpc) is 2.93. The zero-order chi connectivity index (χ0) is 12.1. The third-order valence-corrected chi connectivity index (χ3v) is 4.55. The van der Waals surface area contributed by atoms with E-state index < -0.39 is 0 Å². The molecule has 0 unspecified atom stereocenters. The lowest BCUT2D eigenvalue weighted by Crippen LogP contribution is -2.23. The van der Waals surface area contributed by atoms with Crippen molar-refractivity contribution in [3.05, 3.63) is 28.8 Å². The maximum Gasteiger partial charge on any atom is 0.195 e. The van der Waals surface area contributed by atoms with E-state index in [9.17, 15) is 0 Å². The van der Waals surface area contributed by atoms with Crippen molar-refractivity contribution in [2.45, 2.75) is 13.0 Å². The van der Waals surface area contributed by atoms with Crippen LogP contribution < -0.4 is 10.1 Å². The predicted octanol–water partition coefficient (Wildman–Crippen LogP) is 2.20. The monoisotopic (exact) mass is 259 g/mol. The van der Waals surface area contributed by atoms with Crippen molar-refractivity contribution in [3.63, 3.8) is 0 Å². The number of imidazole rings is 1. The quantitative estimate of drug-likeness (QED) is 0.728. The standard InChI is InChI=1S/C13H13N3OS/c1-17-10-4-2-3-9-12(10)15-13-16(9)8-5-6-14-7-11(8)18-13/h2-4,14H,5-7H2,1H3. The molecule has 1 aliphatic rings. The lowest BCUT2D eigenvalue weighted by Gasteiger charge is -2.12. The summed E-state index contributed by atoms with van der Waals surface area (Å²) in [5.41, 5.74) is 3.53. The number of thiazole rings is 1. The molecule has 0 fully saturated rings. The number of aromatic nitrogens is 2. The highest BCUT2D eigenvalue weighted by Gasteiger charge is 2.20. The Morgan fingerprint density at radius 3 is 3.28 bits per heavy atom. The van der Waals surface area contributed by atoms with Crippen molar-refractivity contribution in [1.82, 2.24) is 14.7 Å². The van der Waals surface area contributed by atoms with Crippen molar-refractivity contribution in [1.29, 1.82) is 0 Å². The Labute approximate surface area is 108 Å². The number of nitrogens with one attached hydrogen (secondary N) is 1. The molecule has 0 saturated carbocycles. The van der Waals surface area contributed by atoms with Crippen LogP contribution in [0.15, 0.2) is 18.2 Å². The summed E-state index contributed by atoms with van der Waals surface area (Å²) in [4.78, 5) is 7.20. The third kappa shape index (κ3) is 1.26. The lowest BCUT2D eigenvalue weighted by atomic mass is 10.2. The van der Waals surface area contributed by atoms with Crippen LogP contribution in [0.1, 0.15) is 10.6 Å². The van der Waals surface area contributed by atoms with Crippen molar-refractivity contribution in [2.75, 3.05) is 13.7 Å². The summed E-state index contributed by atoms with van der Waals surface area (Å²) in [5, 5.41) is 3.41. The summed E-state index contributed by atoms with van der Waals surface area (Å²) in [6.07, 6.45) is 1.07. The number of para-hydroxylation sites is 1. The first-order chi connectivity index (χ1) is 8.88. The van der Waals surface area contributed by atoms with E-state index in [0.717, 1.165) is 41.3 Å². The molecule has 3 heterocycles. The lowest BCUT2D eigenvalue weighted by molar-refractivity contribution is 0.419. The van der Waals surface area contributed by atoms with Crippen molar-refractivity contribution in [3.8, 4) is 5.75 Å². The minimum absolute atomic E-state index is 0.853. The molecule has 1 aromatic carbocycles. The maximum absolute atomic E-state index is 5.39. The van der Waals surface area contributed by atoms with E-state index in [1.54, 1.807) is 18.4 Å². The van der Waals surface area contributed by atoms with Crippen LogP contribution >= 0.6 is 11.3 Å². The Balaban J connectivity index is 2.12. The van der Waals surface area contributed by atoms with E-state index in [2.05, 4.69) is 15.8 Å². The average molecular weight is 259 g/mol. The Bertz CT molecular complexity index is 743. The third-order valence-electron chi connectivity index (χ3n) is 3.47. The van der Waals surface area contributed by atoms with Gasteiger partial charge in [-0.15, -0.1) is 0 Å². The van der Waals surface area contributed by atoms with Gasteiger partial charge in [-0.05, 0) is 12.1 Å². The van der Waals surface area contributed by atoms with Crippen LogP contribution in [0.2, 0.25) is 0 Å². The van der Waals surface area contributed by atoms with Crippen LogP contribution in [0.25, 0.3) is 16.0 Å². The van der Waals surface area contributed by atoms with Gasteiger partial charge in [0.2, 0.25) is 0 Å². The number of hydrogen-bond acceptors (Lipinski definition) is 4. The number of hydrogen-bond donors (Lipinski definition) is 1. The molecule has 92 valence electrons. The van der Waals surface area contributed by atoms with Crippen molar-refractivity contribution < 1.29 is 4.74 Å². The SMILES string of the molecule is COc1cccc2c1nc1sc3c(n12)CCNC3. The second-order valence-corrected chi connectivity index (χ2v) is 5.52. The van der Waals surface area contributed by atoms with Gasteiger partial charge in [0.05, 0.1) is 12.6 Å². The Morgan fingerprint density at radius 1 is 1.44 bits per heavy atom. The molecule has 1 aliphatic heterocycles. The number of ether oxygens (including phenoxy) is 1. The minimum Gasteiger partial charge on any atom is -0.494 e. The van der Waals surface area contributed by atoms with Crippen molar-refractivity contribution in [2.24, 2.45) is 0 Å². The highest BCUT2D eigenvalue weighted by Crippen LogP contribution is 2.33. The Hall–Kier alpha value is -1.59. The van der Waals surface area contributed by atoms with Crippen LogP contribution in [-0.2, 0) is 13.0 Å². The number of fused-ring (bicyclic) bond motifs is 5. The molecule has 5 heteroatoms. The maximum atomic E-state index is 5.39. The Morgan fingerprint density at radius 2 is 2.39 bits per heavy atom. The van der Waals surface area contributed by atoms with Gasteiger partial charge in [0.1, 0.15) is 11.3 Å². The molecule has 4 rings (SSSR count). The van der Waals surface area contributed by atoms with Gasteiger partial charge in [0.25, 0.3) is 0 Å². The topological polar surface area (TPSA) is 38.6 Å². The summed E-state index contributed by atoms with van der Waals surface area (Å²) in [6.45, 7) is 2.01. The second kappa shape index (κ2) is 3.70. The molecule has 0 amide bonds. The van der Waals surface area contributed by atoms with Gasteiger partial charge >= 0.3 is 0 Å². The Kier molecular flexibility index (Phi) is 2.13. The van der Waals surface area contributed by atoms with Crippen LogP contribution in [0.4, 0.5) is 0 Å². The summed E-state index contributed by atoms with van der Waals surface area (Å²) in [5.74, 6) is 0.853. The van der Waals surface area contributed by atoms with Gasteiger partial charge in [0.15, 0.2) is 4.96 Å². The summed E-state index contributed by atoms with van der Waals surface area (Å²) < 4.78 is 7.68. The fraction of sp³-hybridized carbons (Fsp3) is 0.308. The summed E-state index contributed by atoms with van der Waals surface area (Å²) in [7, 11) is 1.70. The van der Waals surface area contributed by atoms with Gasteiger partial charge < -0.3 is 10.1 Å². The fourth-order valence-corrected chi connectivity index (χ4v) is 3.78. The molecule has 2 aromatic heterocycles. The zero-order valence-electron chi connectivity index (χ0n) is 10.1. The molecule has 0 radical (unpaired) electrons. The molecule has 0 bridgehead atoms. The number of benzene rings is 1. The van der Waals surface area contributed by atoms with Crippen LogP contribution in [0.5, 0.6) is 5.75 Å². The second-order valence-electron chi connectivity index (χ2n) is 4.46. The van der Waals surface area contributed by atoms with E-state index in [1.807, 2.05) is 12.1 Å². The molecule has 0 saturated heterocycles. The fourth-order valence-electron chi connectivity index (χ4n) is 2.64. The first kappa shape index (κ1) is 10.3. The smallest absolute Gasteiger partial charge is 0.195 e. The van der Waals surface area contributed by atoms with E-state index in [1.165, 1.54) is 10.6 Å². The molecule has 0 atom stereocenters. The van der Waals surface area contributed by atoms with Crippen molar-refractivity contribution >= 4 is 27.3 Å². The van der Waals surface area contributed by atoms with E-state index >= 15 is 0 Å². The first-order valence-electron chi connectivity index (χ1n) is 6.05. The van der Waals surface area contributed by atoms with E-state index in [4.69, 9.17) is 9.72 Å². The number of rotatable bonds is 1. The van der Waals surface area contributed by atoms with Gasteiger partial charge in [-0.1, -0.05) is 17.4 Å². The highest BCUT2D eigenvalue weighted by atomic mass is 32.1. The number of nitrogens with zero attached hydrogens (tertiary/aromatic N) is 2. The molecule has 18 heavy (non-hydrogen) atoms. The van der Waals surface area contributed by atoms with Gasteiger partial charge in [-0.2, -0.15) is 0 Å². The predicted molar refractivity (Wildman–Crippen MR) is 72.5 cm³/mol. The zero-order valence-corrected chi connectivity index (χ0v) is 10.9. The van der Waals surface area contributed by atoms with Crippen LogP contribution in [0, 0.1) is 0 Å². The molecular weight excluding hydrogens is 246 g/mol. The summed E-state index contributed by atoms with van der Waals surface area (Å²) in [6, 6.07) is 6.11. The molecule has 4 nitrogen and oxygen atoms in total. The van der Waals surface area contributed by atoms with Gasteiger partial charge in [-0.25, -0.2) is 4.98 Å². The summed E-state index contributed by atoms with van der Waals surface area (Å²) >= 11 is 1.78. The van der Waals surface area contributed by atoms with E-state index in [0.29, 0.717) is 0 Å². The molecule has 0 aliphatic carbocycles.